The van der Waals surface area contributed by atoms with Gasteiger partial charge in [0.05, 0.1) is 7.11 Å². The molecule has 104 valence electrons. The van der Waals surface area contributed by atoms with E-state index in [1.165, 1.54) is 32.8 Å². The number of methoxy groups -OCH3 is 1. The topological polar surface area (TPSA) is 38.8 Å². The second kappa shape index (κ2) is 4.84. The summed E-state index contributed by atoms with van der Waals surface area (Å²) in [4.78, 5) is 12.1. The Morgan fingerprint density at radius 2 is 2.00 bits per heavy atom. The average Bonchev–Trinajstić information content (AvgIpc) is 3.02. The Labute approximate surface area is 110 Å². The van der Waals surface area contributed by atoms with Gasteiger partial charge in [0.2, 0.25) is 0 Å². The molecule has 1 saturated carbocycles. The van der Waals surface area contributed by atoms with Crippen molar-refractivity contribution in [2.75, 3.05) is 7.11 Å². The Morgan fingerprint density at radius 3 is 2.44 bits per heavy atom. The summed E-state index contributed by atoms with van der Waals surface area (Å²) in [6, 6.07) is 0. The van der Waals surface area contributed by atoms with Crippen LogP contribution in [0.25, 0.3) is 0 Å². The fourth-order valence-electron chi connectivity index (χ4n) is 3.86. The fraction of sp³-hybridized carbons (Fsp3) is 0.933. The van der Waals surface area contributed by atoms with Crippen LogP contribution in [0.3, 0.4) is 0 Å². The molecule has 0 amide bonds. The van der Waals surface area contributed by atoms with Gasteiger partial charge in [0.15, 0.2) is 5.60 Å². The Hall–Kier alpha value is -0.570. The minimum absolute atomic E-state index is 0.175. The summed E-state index contributed by atoms with van der Waals surface area (Å²) in [6.45, 7) is 6.36. The number of carbonyl (C=O) groups is 1. The van der Waals surface area contributed by atoms with Crippen LogP contribution in [0, 0.1) is 11.8 Å². The van der Waals surface area contributed by atoms with Gasteiger partial charge in [-0.05, 0) is 37.5 Å². The van der Waals surface area contributed by atoms with Crippen molar-refractivity contribution in [2.45, 2.75) is 70.5 Å². The molecule has 3 nitrogen and oxygen atoms in total. The first-order chi connectivity index (χ1) is 8.52. The van der Waals surface area contributed by atoms with Crippen LogP contribution >= 0.6 is 0 Å². The first kappa shape index (κ1) is 13.9. The third-order valence-electron chi connectivity index (χ3n) is 4.90. The standard InChI is InChI=1S/C15H26O3/c1-5-6-12-7-9-14(10-8-12)15(18-14,11(2)3)13(16)17-4/h11-12H,5-10H2,1-4H3. The molecule has 2 rings (SSSR count). The van der Waals surface area contributed by atoms with Gasteiger partial charge in [0, 0.05) is 0 Å². The van der Waals surface area contributed by atoms with Gasteiger partial charge in [0.25, 0.3) is 0 Å². The van der Waals surface area contributed by atoms with E-state index in [2.05, 4.69) is 20.8 Å². The van der Waals surface area contributed by atoms with Crippen LogP contribution in [0.1, 0.15) is 59.3 Å². The van der Waals surface area contributed by atoms with Gasteiger partial charge in [-0.2, -0.15) is 0 Å². The lowest BCUT2D eigenvalue weighted by Crippen LogP contribution is -2.41. The highest BCUT2D eigenvalue weighted by Crippen LogP contribution is 2.61. The maximum absolute atomic E-state index is 12.1. The largest absolute Gasteiger partial charge is 0.467 e. The molecular formula is C15H26O3. The Bertz CT molecular complexity index is 316. The zero-order valence-corrected chi connectivity index (χ0v) is 12.1. The molecule has 3 heteroatoms. The van der Waals surface area contributed by atoms with Crippen molar-refractivity contribution >= 4 is 5.97 Å². The van der Waals surface area contributed by atoms with Crippen LogP contribution in [0.2, 0.25) is 0 Å². The second-order valence-corrected chi connectivity index (χ2v) is 6.21. The Morgan fingerprint density at radius 1 is 1.39 bits per heavy atom. The highest BCUT2D eigenvalue weighted by atomic mass is 16.7. The van der Waals surface area contributed by atoms with E-state index in [1.807, 2.05) is 0 Å². The van der Waals surface area contributed by atoms with E-state index in [9.17, 15) is 4.79 Å². The second-order valence-electron chi connectivity index (χ2n) is 6.21. The molecule has 1 atom stereocenters. The molecule has 1 saturated heterocycles. The highest BCUT2D eigenvalue weighted by molar-refractivity contribution is 5.85. The van der Waals surface area contributed by atoms with Gasteiger partial charge in [-0.3, -0.25) is 0 Å². The molecule has 1 heterocycles. The van der Waals surface area contributed by atoms with E-state index in [0.29, 0.717) is 0 Å². The molecule has 2 aliphatic rings. The van der Waals surface area contributed by atoms with Gasteiger partial charge >= 0.3 is 5.97 Å². The van der Waals surface area contributed by atoms with Gasteiger partial charge < -0.3 is 9.47 Å². The van der Waals surface area contributed by atoms with Crippen LogP contribution in [-0.2, 0) is 14.3 Å². The SMILES string of the molecule is CCCC1CCC2(CC1)OC2(C(=O)OC)C(C)C. The number of esters is 1. The van der Waals surface area contributed by atoms with Gasteiger partial charge in [-0.1, -0.05) is 33.6 Å². The van der Waals surface area contributed by atoms with Crippen molar-refractivity contribution in [2.24, 2.45) is 11.8 Å². The lowest BCUT2D eigenvalue weighted by atomic mass is 9.71. The predicted octanol–water partition coefficient (Wildman–Crippen LogP) is 3.31. The molecule has 1 spiro atoms. The quantitative estimate of drug-likeness (QED) is 0.570. The van der Waals surface area contributed by atoms with Crippen LogP contribution in [0.4, 0.5) is 0 Å². The summed E-state index contributed by atoms with van der Waals surface area (Å²) in [7, 11) is 1.46. The summed E-state index contributed by atoms with van der Waals surface area (Å²) >= 11 is 0. The molecule has 0 aromatic heterocycles. The van der Waals surface area contributed by atoms with E-state index in [0.717, 1.165) is 18.8 Å². The summed E-state index contributed by atoms with van der Waals surface area (Å²) in [6.07, 6.45) is 6.99. The molecule has 1 aliphatic heterocycles. The number of hydrogen-bond acceptors (Lipinski definition) is 3. The predicted molar refractivity (Wildman–Crippen MR) is 70.3 cm³/mol. The van der Waals surface area contributed by atoms with Crippen LogP contribution in [0.5, 0.6) is 0 Å². The van der Waals surface area contributed by atoms with Gasteiger partial charge in [0.1, 0.15) is 5.60 Å². The summed E-state index contributed by atoms with van der Waals surface area (Å²) in [5, 5.41) is 0. The fourth-order valence-corrected chi connectivity index (χ4v) is 3.86. The molecule has 1 unspecified atom stereocenters. The Kier molecular flexibility index (Phi) is 3.72. The number of rotatable bonds is 4. The van der Waals surface area contributed by atoms with Crippen molar-refractivity contribution in [3.63, 3.8) is 0 Å². The van der Waals surface area contributed by atoms with Crippen molar-refractivity contribution in [1.29, 1.82) is 0 Å². The minimum Gasteiger partial charge on any atom is -0.467 e. The monoisotopic (exact) mass is 254 g/mol. The summed E-state index contributed by atoms with van der Waals surface area (Å²) in [5.41, 5.74) is -0.864. The average molecular weight is 254 g/mol. The number of epoxide rings is 1. The Balaban J connectivity index is 2.05. The van der Waals surface area contributed by atoms with Crippen molar-refractivity contribution < 1.29 is 14.3 Å². The molecule has 0 aromatic rings. The van der Waals surface area contributed by atoms with E-state index < -0.39 is 5.60 Å². The van der Waals surface area contributed by atoms with Gasteiger partial charge in [-0.25, -0.2) is 4.79 Å². The molecule has 1 aliphatic carbocycles. The van der Waals surface area contributed by atoms with Crippen LogP contribution in [0.15, 0.2) is 0 Å². The molecule has 0 aromatic carbocycles. The lowest BCUT2D eigenvalue weighted by Gasteiger charge is -2.29. The number of carbonyl (C=O) groups excluding carboxylic acids is 1. The highest BCUT2D eigenvalue weighted by Gasteiger charge is 2.76. The van der Waals surface area contributed by atoms with Crippen LogP contribution < -0.4 is 0 Å². The van der Waals surface area contributed by atoms with Crippen LogP contribution in [-0.4, -0.2) is 24.3 Å². The van der Waals surface area contributed by atoms with E-state index >= 15 is 0 Å². The number of hydrogen-bond donors (Lipinski definition) is 0. The van der Waals surface area contributed by atoms with Crippen molar-refractivity contribution in [1.82, 2.24) is 0 Å². The molecule has 0 bridgehead atoms. The van der Waals surface area contributed by atoms with Crippen molar-refractivity contribution in [3.8, 4) is 0 Å². The smallest absolute Gasteiger partial charge is 0.341 e. The lowest BCUT2D eigenvalue weighted by molar-refractivity contribution is -0.148. The van der Waals surface area contributed by atoms with E-state index in [-0.39, 0.29) is 17.5 Å². The van der Waals surface area contributed by atoms with Crippen molar-refractivity contribution in [3.05, 3.63) is 0 Å². The molecule has 0 radical (unpaired) electrons. The maximum atomic E-state index is 12.1. The third kappa shape index (κ3) is 1.87. The van der Waals surface area contributed by atoms with E-state index in [1.54, 1.807) is 0 Å². The molecular weight excluding hydrogens is 228 g/mol. The minimum atomic E-state index is -0.654. The normalized spacial score (nSPS) is 39.1. The zero-order chi connectivity index (χ0) is 13.4. The van der Waals surface area contributed by atoms with Gasteiger partial charge in [-0.15, -0.1) is 0 Å². The summed E-state index contributed by atoms with van der Waals surface area (Å²) in [5.74, 6) is 0.839. The first-order valence-corrected chi connectivity index (χ1v) is 7.31. The third-order valence-corrected chi connectivity index (χ3v) is 4.90. The first-order valence-electron chi connectivity index (χ1n) is 7.31. The maximum Gasteiger partial charge on any atom is 0.341 e. The molecule has 2 fully saturated rings. The number of ether oxygens (including phenoxy) is 2. The summed E-state index contributed by atoms with van der Waals surface area (Å²) < 4.78 is 11.0. The van der Waals surface area contributed by atoms with E-state index in [4.69, 9.17) is 9.47 Å². The molecule has 0 N–H and O–H groups in total. The molecule has 18 heavy (non-hydrogen) atoms. The zero-order valence-electron chi connectivity index (χ0n) is 12.1.